The summed E-state index contributed by atoms with van der Waals surface area (Å²) in [6.45, 7) is 1.79. The molecule has 0 unspecified atom stereocenters. The molecule has 0 saturated heterocycles. The molecule has 3 rings (SSSR count). The maximum absolute atomic E-state index is 14.1. The van der Waals surface area contributed by atoms with Crippen LogP contribution in [0.15, 0.2) is 18.3 Å². The van der Waals surface area contributed by atoms with Crippen molar-refractivity contribution >= 4 is 22.6 Å². The van der Waals surface area contributed by atoms with E-state index in [9.17, 15) is 8.78 Å². The minimum Gasteiger partial charge on any atom is -0.289 e. The lowest BCUT2D eigenvalue weighted by molar-refractivity contribution is 0.514. The van der Waals surface area contributed by atoms with Gasteiger partial charge in [0.25, 0.3) is 0 Å². The maximum Gasteiger partial charge on any atom is 0.185 e. The highest BCUT2D eigenvalue weighted by Gasteiger charge is 2.20. The summed E-state index contributed by atoms with van der Waals surface area (Å²) < 4.78 is 30.7. The Hall–Kier alpha value is -1.95. The Morgan fingerprint density at radius 1 is 1.30 bits per heavy atom. The third-order valence-electron chi connectivity index (χ3n) is 3.13. The summed E-state index contributed by atoms with van der Waals surface area (Å²) in [7, 11) is 1.76. The summed E-state index contributed by atoms with van der Waals surface area (Å²) in [5, 5.41) is 4.21. The van der Waals surface area contributed by atoms with Crippen molar-refractivity contribution in [1.29, 1.82) is 0 Å². The molecule has 1 aromatic carbocycles. The highest BCUT2D eigenvalue weighted by Crippen LogP contribution is 2.27. The lowest BCUT2D eigenvalue weighted by atomic mass is 10.2. The van der Waals surface area contributed by atoms with Gasteiger partial charge in [-0.2, -0.15) is 5.10 Å². The van der Waals surface area contributed by atoms with E-state index < -0.39 is 11.6 Å². The predicted molar refractivity (Wildman–Crippen MR) is 72.0 cm³/mol. The standard InChI is InChI=1S/C13H11ClF2N4/c1-7-10(6-19(2)18-7)20-11(5-14)17-9-4-3-8(15)12(16)13(9)20/h3-4,6H,5H2,1-2H3. The third kappa shape index (κ3) is 1.79. The van der Waals surface area contributed by atoms with Crippen LogP contribution in [0.4, 0.5) is 8.78 Å². The molecule has 0 radical (unpaired) electrons. The number of halogens is 3. The Labute approximate surface area is 118 Å². The summed E-state index contributed by atoms with van der Waals surface area (Å²) in [5.74, 6) is -1.32. The zero-order valence-electron chi connectivity index (χ0n) is 10.9. The molecule has 0 N–H and O–H groups in total. The van der Waals surface area contributed by atoms with Crippen molar-refractivity contribution in [1.82, 2.24) is 19.3 Å². The van der Waals surface area contributed by atoms with Crippen molar-refractivity contribution in [2.24, 2.45) is 7.05 Å². The van der Waals surface area contributed by atoms with Crippen LogP contribution in [0, 0.1) is 18.6 Å². The van der Waals surface area contributed by atoms with Crippen LogP contribution in [0.25, 0.3) is 16.7 Å². The summed E-state index contributed by atoms with van der Waals surface area (Å²) in [4.78, 5) is 4.25. The molecule has 0 spiro atoms. The molecule has 0 bridgehead atoms. The normalized spacial score (nSPS) is 11.4. The van der Waals surface area contributed by atoms with Gasteiger partial charge in [-0.15, -0.1) is 11.6 Å². The van der Waals surface area contributed by atoms with Crippen molar-refractivity contribution in [2.45, 2.75) is 12.8 Å². The average Bonchev–Trinajstić information content (AvgIpc) is 2.93. The van der Waals surface area contributed by atoms with Crippen LogP contribution in [0.1, 0.15) is 11.5 Å². The van der Waals surface area contributed by atoms with E-state index in [1.165, 1.54) is 10.6 Å². The highest BCUT2D eigenvalue weighted by molar-refractivity contribution is 6.17. The molecule has 0 aliphatic heterocycles. The third-order valence-corrected chi connectivity index (χ3v) is 3.37. The van der Waals surface area contributed by atoms with Gasteiger partial charge in [0.1, 0.15) is 11.3 Å². The molecule has 20 heavy (non-hydrogen) atoms. The number of fused-ring (bicyclic) bond motifs is 1. The highest BCUT2D eigenvalue weighted by atomic mass is 35.5. The summed E-state index contributed by atoms with van der Waals surface area (Å²) >= 11 is 5.88. The monoisotopic (exact) mass is 296 g/mol. The molecule has 104 valence electrons. The van der Waals surface area contributed by atoms with Gasteiger partial charge in [-0.25, -0.2) is 13.8 Å². The first-order chi connectivity index (χ1) is 9.52. The van der Waals surface area contributed by atoms with Crippen LogP contribution in [0.3, 0.4) is 0 Å². The van der Waals surface area contributed by atoms with Gasteiger partial charge in [-0.1, -0.05) is 0 Å². The number of hydrogen-bond donors (Lipinski definition) is 0. The van der Waals surface area contributed by atoms with E-state index in [0.29, 0.717) is 22.7 Å². The number of alkyl halides is 1. The zero-order valence-corrected chi connectivity index (χ0v) is 11.6. The number of aryl methyl sites for hydroxylation is 2. The molecule has 0 fully saturated rings. The SMILES string of the molecule is Cc1nn(C)cc1-n1c(CCl)nc2ccc(F)c(F)c21. The van der Waals surface area contributed by atoms with Gasteiger partial charge in [0.15, 0.2) is 11.6 Å². The van der Waals surface area contributed by atoms with Crippen molar-refractivity contribution < 1.29 is 8.78 Å². The van der Waals surface area contributed by atoms with E-state index in [4.69, 9.17) is 11.6 Å². The van der Waals surface area contributed by atoms with Crippen molar-refractivity contribution in [3.8, 4) is 5.69 Å². The van der Waals surface area contributed by atoms with Crippen LogP contribution < -0.4 is 0 Å². The van der Waals surface area contributed by atoms with Gasteiger partial charge in [-0.05, 0) is 19.1 Å². The van der Waals surface area contributed by atoms with Crippen LogP contribution in [-0.2, 0) is 12.9 Å². The smallest absolute Gasteiger partial charge is 0.185 e. The molecule has 7 heteroatoms. The predicted octanol–water partition coefficient (Wildman–Crippen LogP) is 3.08. The van der Waals surface area contributed by atoms with Gasteiger partial charge in [0.05, 0.1) is 22.8 Å². The van der Waals surface area contributed by atoms with Gasteiger partial charge < -0.3 is 0 Å². The van der Waals surface area contributed by atoms with Crippen molar-refractivity contribution in [3.63, 3.8) is 0 Å². The molecule has 0 atom stereocenters. The summed E-state index contributed by atoms with van der Waals surface area (Å²) in [6, 6.07) is 2.50. The van der Waals surface area contributed by atoms with Gasteiger partial charge in [0, 0.05) is 13.2 Å². The fourth-order valence-corrected chi connectivity index (χ4v) is 2.49. The van der Waals surface area contributed by atoms with Gasteiger partial charge in [0.2, 0.25) is 0 Å². The number of rotatable bonds is 2. The second kappa shape index (κ2) is 4.56. The van der Waals surface area contributed by atoms with Crippen molar-refractivity contribution in [2.75, 3.05) is 0 Å². The Kier molecular flexibility index (Phi) is 2.97. The Morgan fingerprint density at radius 2 is 2.05 bits per heavy atom. The molecule has 4 nitrogen and oxygen atoms in total. The van der Waals surface area contributed by atoms with E-state index in [1.807, 2.05) is 0 Å². The second-order valence-electron chi connectivity index (χ2n) is 4.50. The first kappa shape index (κ1) is 13.1. The Balaban J connectivity index is 2.44. The van der Waals surface area contributed by atoms with Gasteiger partial charge >= 0.3 is 0 Å². The Morgan fingerprint density at radius 3 is 2.65 bits per heavy atom. The number of imidazole rings is 1. The lowest BCUT2D eigenvalue weighted by Gasteiger charge is -2.06. The topological polar surface area (TPSA) is 35.6 Å². The van der Waals surface area contributed by atoms with E-state index in [1.54, 1.807) is 24.9 Å². The van der Waals surface area contributed by atoms with E-state index >= 15 is 0 Å². The number of nitrogens with zero attached hydrogens (tertiary/aromatic N) is 4. The second-order valence-corrected chi connectivity index (χ2v) is 4.77. The fraction of sp³-hybridized carbons (Fsp3) is 0.231. The van der Waals surface area contributed by atoms with Gasteiger partial charge in [-0.3, -0.25) is 9.25 Å². The molecule has 2 heterocycles. The molecule has 0 saturated carbocycles. The van der Waals surface area contributed by atoms with E-state index in [0.717, 1.165) is 6.07 Å². The molecular weight excluding hydrogens is 286 g/mol. The molecule has 0 amide bonds. The first-order valence-corrected chi connectivity index (χ1v) is 6.48. The minimum absolute atomic E-state index is 0.0803. The maximum atomic E-state index is 14.1. The van der Waals surface area contributed by atoms with E-state index in [-0.39, 0.29) is 11.4 Å². The molecule has 0 aliphatic rings. The number of benzene rings is 1. The molecular formula is C13H11ClF2N4. The van der Waals surface area contributed by atoms with Crippen molar-refractivity contribution in [3.05, 3.63) is 41.5 Å². The fourth-order valence-electron chi connectivity index (χ4n) is 2.31. The average molecular weight is 297 g/mol. The molecule has 2 aromatic heterocycles. The van der Waals surface area contributed by atoms with E-state index in [2.05, 4.69) is 10.1 Å². The van der Waals surface area contributed by atoms with Crippen LogP contribution in [-0.4, -0.2) is 19.3 Å². The quantitative estimate of drug-likeness (QED) is 0.681. The zero-order chi connectivity index (χ0) is 14.4. The Bertz CT molecular complexity index is 806. The van der Waals surface area contributed by atoms with Crippen LogP contribution in [0.2, 0.25) is 0 Å². The summed E-state index contributed by atoms with van der Waals surface area (Å²) in [6.07, 6.45) is 1.72. The molecule has 3 aromatic rings. The number of hydrogen-bond acceptors (Lipinski definition) is 2. The minimum atomic E-state index is -0.936. The first-order valence-electron chi connectivity index (χ1n) is 5.95. The number of aromatic nitrogens is 4. The largest absolute Gasteiger partial charge is 0.289 e. The van der Waals surface area contributed by atoms with Crippen LogP contribution >= 0.6 is 11.6 Å². The lowest BCUT2D eigenvalue weighted by Crippen LogP contribution is -2.02. The summed E-state index contributed by atoms with van der Waals surface area (Å²) in [5.41, 5.74) is 1.76. The molecule has 0 aliphatic carbocycles. The van der Waals surface area contributed by atoms with Crippen LogP contribution in [0.5, 0.6) is 0 Å².